The maximum atomic E-state index is 11.4. The van der Waals surface area contributed by atoms with Gasteiger partial charge >= 0.3 is 5.97 Å². The summed E-state index contributed by atoms with van der Waals surface area (Å²) in [5.41, 5.74) is 0.979. The van der Waals surface area contributed by atoms with Crippen molar-refractivity contribution in [1.82, 2.24) is 9.88 Å². The maximum Gasteiger partial charge on any atom is 0.335 e. The molecule has 1 saturated heterocycles. The molecule has 1 atom stereocenters. The fraction of sp³-hybridized carbons (Fsp3) is 0.500. The number of aromatic carboxylic acids is 1. The van der Waals surface area contributed by atoms with E-state index in [0.717, 1.165) is 12.1 Å². The number of piperidine rings is 1. The lowest BCUT2D eigenvalue weighted by molar-refractivity contribution is -0.132. The van der Waals surface area contributed by atoms with Crippen LogP contribution < -0.4 is 5.32 Å². The molecular formula is C14H19N3O3. The monoisotopic (exact) mass is 277 g/mol. The van der Waals surface area contributed by atoms with Gasteiger partial charge in [-0.2, -0.15) is 0 Å². The fourth-order valence-corrected chi connectivity index (χ4v) is 2.31. The van der Waals surface area contributed by atoms with Gasteiger partial charge < -0.3 is 15.3 Å². The van der Waals surface area contributed by atoms with E-state index in [2.05, 4.69) is 10.3 Å². The number of carbonyl (C=O) groups excluding carboxylic acids is 1. The lowest BCUT2D eigenvalue weighted by Crippen LogP contribution is -2.43. The molecule has 0 aliphatic carbocycles. The average Bonchev–Trinajstić information content (AvgIpc) is 2.42. The van der Waals surface area contributed by atoms with Crippen LogP contribution in [0.25, 0.3) is 0 Å². The Morgan fingerprint density at radius 1 is 1.55 bits per heavy atom. The van der Waals surface area contributed by atoms with Gasteiger partial charge in [-0.15, -0.1) is 0 Å². The number of hydrogen-bond donors (Lipinski definition) is 2. The first kappa shape index (κ1) is 14.3. The summed E-state index contributed by atoms with van der Waals surface area (Å²) < 4.78 is 0. The molecule has 1 fully saturated rings. The molecule has 0 bridgehead atoms. The number of carbonyl (C=O) groups is 2. The number of aryl methyl sites for hydroxylation is 1. The van der Waals surface area contributed by atoms with Crippen molar-refractivity contribution in [3.8, 4) is 0 Å². The van der Waals surface area contributed by atoms with Gasteiger partial charge in [0.1, 0.15) is 5.82 Å². The van der Waals surface area contributed by atoms with Gasteiger partial charge in [-0.25, -0.2) is 9.78 Å². The topological polar surface area (TPSA) is 82.5 Å². The third kappa shape index (κ3) is 3.26. The SMILES string of the molecule is CCc1cc(C(=O)O)cc(NC2CCC(=O)N(C)C2)n1. The van der Waals surface area contributed by atoms with Crippen molar-refractivity contribution >= 4 is 17.7 Å². The first-order valence-electron chi connectivity index (χ1n) is 6.74. The molecule has 1 aromatic rings. The molecule has 6 nitrogen and oxygen atoms in total. The average molecular weight is 277 g/mol. The van der Waals surface area contributed by atoms with E-state index >= 15 is 0 Å². The second-order valence-corrected chi connectivity index (χ2v) is 5.05. The summed E-state index contributed by atoms with van der Waals surface area (Å²) in [5, 5.41) is 12.3. The van der Waals surface area contributed by atoms with E-state index in [1.54, 1.807) is 18.0 Å². The molecule has 1 amide bonds. The van der Waals surface area contributed by atoms with E-state index in [9.17, 15) is 9.59 Å². The molecule has 1 aliphatic heterocycles. The highest BCUT2D eigenvalue weighted by molar-refractivity contribution is 5.88. The van der Waals surface area contributed by atoms with Gasteiger partial charge in [-0.05, 0) is 25.0 Å². The highest BCUT2D eigenvalue weighted by Gasteiger charge is 2.23. The number of amides is 1. The number of nitrogens with zero attached hydrogens (tertiary/aromatic N) is 2. The third-order valence-electron chi connectivity index (χ3n) is 3.47. The molecule has 0 aromatic carbocycles. The fourth-order valence-electron chi connectivity index (χ4n) is 2.31. The summed E-state index contributed by atoms with van der Waals surface area (Å²) in [6.45, 7) is 2.55. The zero-order chi connectivity index (χ0) is 14.7. The molecule has 2 N–H and O–H groups in total. The van der Waals surface area contributed by atoms with Crippen molar-refractivity contribution in [3.63, 3.8) is 0 Å². The molecule has 1 unspecified atom stereocenters. The predicted octanol–water partition coefficient (Wildman–Crippen LogP) is 1.37. The Morgan fingerprint density at radius 2 is 2.30 bits per heavy atom. The van der Waals surface area contributed by atoms with Gasteiger partial charge in [0.15, 0.2) is 0 Å². The number of carboxylic acid groups (broad SMARTS) is 1. The Morgan fingerprint density at radius 3 is 2.90 bits per heavy atom. The summed E-state index contributed by atoms with van der Waals surface area (Å²) in [7, 11) is 1.77. The molecule has 1 aromatic heterocycles. The Hall–Kier alpha value is -2.11. The molecule has 0 saturated carbocycles. The Labute approximate surface area is 117 Å². The van der Waals surface area contributed by atoms with Gasteiger partial charge in [0.25, 0.3) is 0 Å². The Balaban J connectivity index is 2.14. The Bertz CT molecular complexity index is 530. The van der Waals surface area contributed by atoms with Crippen LogP contribution in [0.4, 0.5) is 5.82 Å². The number of hydrogen-bond acceptors (Lipinski definition) is 4. The summed E-state index contributed by atoms with van der Waals surface area (Å²) in [4.78, 5) is 28.6. The molecule has 2 heterocycles. The minimum Gasteiger partial charge on any atom is -0.478 e. The number of nitrogens with one attached hydrogen (secondary N) is 1. The van der Waals surface area contributed by atoms with E-state index in [1.165, 1.54) is 6.07 Å². The first-order valence-corrected chi connectivity index (χ1v) is 6.74. The van der Waals surface area contributed by atoms with Crippen molar-refractivity contribution in [1.29, 1.82) is 0 Å². The van der Waals surface area contributed by atoms with E-state index in [4.69, 9.17) is 5.11 Å². The molecule has 2 rings (SSSR count). The predicted molar refractivity (Wildman–Crippen MR) is 74.9 cm³/mol. The van der Waals surface area contributed by atoms with Crippen molar-refractivity contribution in [3.05, 3.63) is 23.4 Å². The van der Waals surface area contributed by atoms with Crippen molar-refractivity contribution in [2.75, 3.05) is 18.9 Å². The van der Waals surface area contributed by atoms with Gasteiger partial charge in [0.05, 0.1) is 5.56 Å². The van der Waals surface area contributed by atoms with Crippen LogP contribution in [-0.4, -0.2) is 46.5 Å². The molecule has 0 radical (unpaired) electrons. The highest BCUT2D eigenvalue weighted by Crippen LogP contribution is 2.17. The second-order valence-electron chi connectivity index (χ2n) is 5.05. The number of rotatable bonds is 4. The zero-order valence-corrected chi connectivity index (χ0v) is 11.7. The quantitative estimate of drug-likeness (QED) is 0.868. The van der Waals surface area contributed by atoms with Crippen molar-refractivity contribution in [2.45, 2.75) is 32.2 Å². The number of aromatic nitrogens is 1. The number of likely N-dealkylation sites (N-methyl/N-ethyl adjacent to an activating group) is 1. The van der Waals surface area contributed by atoms with Crippen LogP contribution in [0.15, 0.2) is 12.1 Å². The van der Waals surface area contributed by atoms with E-state index in [0.29, 0.717) is 25.2 Å². The van der Waals surface area contributed by atoms with Gasteiger partial charge in [0, 0.05) is 31.7 Å². The van der Waals surface area contributed by atoms with Crippen LogP contribution in [0, 0.1) is 0 Å². The summed E-state index contributed by atoms with van der Waals surface area (Å²) in [6.07, 6.45) is 1.93. The van der Waals surface area contributed by atoms with E-state index in [-0.39, 0.29) is 17.5 Å². The van der Waals surface area contributed by atoms with Crippen LogP contribution in [0.5, 0.6) is 0 Å². The minimum absolute atomic E-state index is 0.110. The molecule has 6 heteroatoms. The number of likely N-dealkylation sites (tertiary alicyclic amines) is 1. The molecule has 1 aliphatic rings. The molecule has 20 heavy (non-hydrogen) atoms. The van der Waals surface area contributed by atoms with Crippen LogP contribution in [0.2, 0.25) is 0 Å². The zero-order valence-electron chi connectivity index (χ0n) is 11.7. The minimum atomic E-state index is -0.957. The Kier molecular flexibility index (Phi) is 4.22. The number of pyridine rings is 1. The van der Waals surface area contributed by atoms with Gasteiger partial charge in [0.2, 0.25) is 5.91 Å². The largest absolute Gasteiger partial charge is 0.478 e. The van der Waals surface area contributed by atoms with E-state index in [1.807, 2.05) is 6.92 Å². The van der Waals surface area contributed by atoms with Crippen LogP contribution in [0.3, 0.4) is 0 Å². The molecule has 0 spiro atoms. The molecular weight excluding hydrogens is 258 g/mol. The normalized spacial score (nSPS) is 19.0. The maximum absolute atomic E-state index is 11.4. The van der Waals surface area contributed by atoms with Gasteiger partial charge in [-0.1, -0.05) is 6.92 Å². The van der Waals surface area contributed by atoms with Crippen molar-refractivity contribution < 1.29 is 14.7 Å². The third-order valence-corrected chi connectivity index (χ3v) is 3.47. The number of anilines is 1. The lowest BCUT2D eigenvalue weighted by Gasteiger charge is -2.30. The molecule has 108 valence electrons. The standard InChI is InChI=1S/C14H19N3O3/c1-3-10-6-9(14(19)20)7-12(15-10)16-11-4-5-13(18)17(2)8-11/h6-7,11H,3-5,8H2,1-2H3,(H,15,16)(H,19,20). The summed E-state index contributed by atoms with van der Waals surface area (Å²) >= 11 is 0. The van der Waals surface area contributed by atoms with Crippen LogP contribution in [-0.2, 0) is 11.2 Å². The smallest absolute Gasteiger partial charge is 0.335 e. The second kappa shape index (κ2) is 5.90. The van der Waals surface area contributed by atoms with Crippen molar-refractivity contribution in [2.24, 2.45) is 0 Å². The summed E-state index contributed by atoms with van der Waals surface area (Å²) in [5.74, 6) is -0.250. The first-order chi connectivity index (χ1) is 9.49. The number of carboxylic acids is 1. The van der Waals surface area contributed by atoms with E-state index < -0.39 is 5.97 Å². The van der Waals surface area contributed by atoms with Gasteiger partial charge in [-0.3, -0.25) is 4.79 Å². The lowest BCUT2D eigenvalue weighted by atomic mass is 10.1. The van der Waals surface area contributed by atoms with Crippen LogP contribution in [0.1, 0.15) is 35.8 Å². The summed E-state index contributed by atoms with van der Waals surface area (Å²) in [6, 6.07) is 3.24. The van der Waals surface area contributed by atoms with Crippen LogP contribution >= 0.6 is 0 Å². The highest BCUT2D eigenvalue weighted by atomic mass is 16.4.